The molecule has 1 N–H and O–H groups in total. The summed E-state index contributed by atoms with van der Waals surface area (Å²) in [6.45, 7) is 6.42. The van der Waals surface area contributed by atoms with E-state index in [1.807, 2.05) is 20.8 Å². The van der Waals surface area contributed by atoms with E-state index >= 15 is 0 Å². The maximum absolute atomic E-state index is 13.0. The van der Waals surface area contributed by atoms with E-state index in [0.29, 0.717) is 23.7 Å². The number of aryl methyl sites for hydroxylation is 1. The smallest absolute Gasteiger partial charge is 0.242 e. The first-order chi connectivity index (χ1) is 13.2. The molecule has 0 aliphatic heterocycles. The van der Waals surface area contributed by atoms with E-state index in [1.165, 1.54) is 12.1 Å². The van der Waals surface area contributed by atoms with Crippen LogP contribution in [0.5, 0.6) is 0 Å². The van der Waals surface area contributed by atoms with Gasteiger partial charge in [0.1, 0.15) is 6.04 Å². The van der Waals surface area contributed by atoms with Crippen LogP contribution in [0.25, 0.3) is 0 Å². The van der Waals surface area contributed by atoms with E-state index in [-0.39, 0.29) is 10.8 Å². The first-order valence-electron chi connectivity index (χ1n) is 8.97. The number of nitrogens with zero attached hydrogens (tertiary/aromatic N) is 1. The summed E-state index contributed by atoms with van der Waals surface area (Å²) in [7, 11) is -3.94. The van der Waals surface area contributed by atoms with Gasteiger partial charge in [0.25, 0.3) is 0 Å². The first kappa shape index (κ1) is 22.7. The van der Waals surface area contributed by atoms with Gasteiger partial charge in [0.2, 0.25) is 15.9 Å². The molecule has 5 nitrogen and oxygen atoms in total. The number of amides is 1. The van der Waals surface area contributed by atoms with Crippen molar-refractivity contribution in [2.75, 3.05) is 13.1 Å². The van der Waals surface area contributed by atoms with Gasteiger partial charge < -0.3 is 4.90 Å². The third-order valence-corrected chi connectivity index (χ3v) is 6.65. The third kappa shape index (κ3) is 5.47. The molecule has 0 spiro atoms. The van der Waals surface area contributed by atoms with Crippen LogP contribution in [0.1, 0.15) is 30.4 Å². The Morgan fingerprint density at radius 1 is 1.04 bits per heavy atom. The van der Waals surface area contributed by atoms with Crippen LogP contribution < -0.4 is 4.72 Å². The summed E-state index contributed by atoms with van der Waals surface area (Å²) < 4.78 is 28.3. The SMILES string of the molecule is CCN(CC)C(=O)[C@@H](NS(=O)(=O)c1ccc(C)cc1)[C@@H](Cl)c1ccc(Cl)cc1. The molecule has 0 unspecified atom stereocenters. The minimum atomic E-state index is -3.94. The molecule has 0 fully saturated rings. The van der Waals surface area contributed by atoms with Gasteiger partial charge in [-0.1, -0.05) is 41.4 Å². The number of hydrogen-bond acceptors (Lipinski definition) is 3. The van der Waals surface area contributed by atoms with Crippen molar-refractivity contribution in [2.24, 2.45) is 0 Å². The molecule has 0 aliphatic carbocycles. The molecule has 0 saturated heterocycles. The van der Waals surface area contributed by atoms with Crippen molar-refractivity contribution in [1.29, 1.82) is 0 Å². The van der Waals surface area contributed by atoms with Crippen molar-refractivity contribution < 1.29 is 13.2 Å². The summed E-state index contributed by atoms with van der Waals surface area (Å²) in [5, 5.41) is -0.370. The van der Waals surface area contributed by atoms with Crippen molar-refractivity contribution in [3.63, 3.8) is 0 Å². The van der Waals surface area contributed by atoms with Crippen LogP contribution >= 0.6 is 23.2 Å². The topological polar surface area (TPSA) is 66.5 Å². The molecule has 0 radical (unpaired) electrons. The van der Waals surface area contributed by atoms with Crippen molar-refractivity contribution in [3.8, 4) is 0 Å². The molecule has 0 saturated carbocycles. The summed E-state index contributed by atoms with van der Waals surface area (Å²) in [5.74, 6) is -0.379. The number of nitrogens with one attached hydrogen (secondary N) is 1. The number of hydrogen-bond donors (Lipinski definition) is 1. The summed E-state index contributed by atoms with van der Waals surface area (Å²) in [6.07, 6.45) is 0. The fourth-order valence-electron chi connectivity index (χ4n) is 2.76. The first-order valence-corrected chi connectivity index (χ1v) is 11.3. The van der Waals surface area contributed by atoms with E-state index in [1.54, 1.807) is 41.3 Å². The Morgan fingerprint density at radius 3 is 2.07 bits per heavy atom. The summed E-state index contributed by atoms with van der Waals surface area (Å²) in [6, 6.07) is 11.9. The van der Waals surface area contributed by atoms with Crippen LogP contribution in [-0.2, 0) is 14.8 Å². The van der Waals surface area contributed by atoms with Gasteiger partial charge in [0.15, 0.2) is 0 Å². The van der Waals surface area contributed by atoms with E-state index in [0.717, 1.165) is 5.56 Å². The molecule has 2 rings (SSSR count). The lowest BCUT2D eigenvalue weighted by Gasteiger charge is -2.28. The molecule has 28 heavy (non-hydrogen) atoms. The van der Waals surface area contributed by atoms with E-state index in [9.17, 15) is 13.2 Å². The maximum atomic E-state index is 13.0. The number of carbonyl (C=O) groups excluding carboxylic acids is 1. The number of sulfonamides is 1. The third-order valence-electron chi connectivity index (χ3n) is 4.44. The lowest BCUT2D eigenvalue weighted by Crippen LogP contribution is -2.50. The molecule has 8 heteroatoms. The quantitative estimate of drug-likeness (QED) is 0.624. The highest BCUT2D eigenvalue weighted by Gasteiger charge is 2.34. The molecule has 152 valence electrons. The number of halogens is 2. The number of benzene rings is 2. The molecule has 0 aromatic heterocycles. The minimum absolute atomic E-state index is 0.0791. The lowest BCUT2D eigenvalue weighted by molar-refractivity contribution is -0.132. The van der Waals surface area contributed by atoms with Crippen molar-refractivity contribution in [1.82, 2.24) is 9.62 Å². The molecular formula is C20H24Cl2N2O3S. The van der Waals surface area contributed by atoms with Gasteiger partial charge in [-0.05, 0) is 50.6 Å². The average molecular weight is 443 g/mol. The van der Waals surface area contributed by atoms with E-state index < -0.39 is 21.4 Å². The van der Waals surface area contributed by atoms with Gasteiger partial charge >= 0.3 is 0 Å². The van der Waals surface area contributed by atoms with Crippen LogP contribution in [0, 0.1) is 6.92 Å². The van der Waals surface area contributed by atoms with Gasteiger partial charge in [-0.3, -0.25) is 4.79 Å². The second-order valence-electron chi connectivity index (χ2n) is 6.38. The number of alkyl halides is 1. The normalized spacial score (nSPS) is 13.8. The summed E-state index contributed by atoms with van der Waals surface area (Å²) >= 11 is 12.5. The minimum Gasteiger partial charge on any atom is -0.342 e. The molecular weight excluding hydrogens is 419 g/mol. The molecule has 2 aromatic rings. The Kier molecular flexibility index (Phi) is 7.89. The van der Waals surface area contributed by atoms with E-state index in [2.05, 4.69) is 4.72 Å². The zero-order valence-electron chi connectivity index (χ0n) is 16.0. The Hall–Kier alpha value is -1.60. The summed E-state index contributed by atoms with van der Waals surface area (Å²) in [4.78, 5) is 14.7. The zero-order valence-corrected chi connectivity index (χ0v) is 18.4. The molecule has 2 aromatic carbocycles. The van der Waals surface area contributed by atoms with Gasteiger partial charge in [-0.2, -0.15) is 4.72 Å². The molecule has 2 atom stereocenters. The van der Waals surface area contributed by atoms with Gasteiger partial charge in [-0.15, -0.1) is 11.6 Å². The fraction of sp³-hybridized carbons (Fsp3) is 0.350. The van der Waals surface area contributed by atoms with Crippen molar-refractivity contribution >= 4 is 39.1 Å². The number of rotatable bonds is 8. The van der Waals surface area contributed by atoms with E-state index in [4.69, 9.17) is 23.2 Å². The van der Waals surface area contributed by atoms with Crippen LogP contribution in [0.2, 0.25) is 5.02 Å². The zero-order chi connectivity index (χ0) is 20.9. The predicted octanol–water partition coefficient (Wildman–Crippen LogP) is 4.14. The van der Waals surface area contributed by atoms with Crippen molar-refractivity contribution in [3.05, 3.63) is 64.7 Å². The highest BCUT2D eigenvalue weighted by Crippen LogP contribution is 2.28. The predicted molar refractivity (Wildman–Crippen MR) is 113 cm³/mol. The largest absolute Gasteiger partial charge is 0.342 e. The van der Waals surface area contributed by atoms with Gasteiger partial charge in [-0.25, -0.2) is 8.42 Å². The summed E-state index contributed by atoms with van der Waals surface area (Å²) in [5.41, 5.74) is 1.54. The van der Waals surface area contributed by atoms with Crippen LogP contribution in [0.3, 0.4) is 0 Å². The number of carbonyl (C=O) groups is 1. The Labute approximate surface area is 176 Å². The lowest BCUT2D eigenvalue weighted by atomic mass is 10.0. The molecule has 0 aliphatic rings. The highest BCUT2D eigenvalue weighted by atomic mass is 35.5. The monoisotopic (exact) mass is 442 g/mol. The Bertz CT molecular complexity index is 896. The standard InChI is InChI=1S/C20H24Cl2N2O3S/c1-4-24(5-2)20(25)19(18(22)15-8-10-16(21)11-9-15)23-28(26,27)17-12-6-14(3)7-13-17/h6-13,18-19,23H,4-5H2,1-3H3/t18-,19-/m0/s1. The second kappa shape index (κ2) is 9.74. The number of likely N-dealkylation sites (N-methyl/N-ethyl adjacent to an activating group) is 1. The van der Waals surface area contributed by atoms with Gasteiger partial charge in [0.05, 0.1) is 10.3 Å². The van der Waals surface area contributed by atoms with Gasteiger partial charge in [0, 0.05) is 18.1 Å². The Balaban J connectivity index is 2.41. The maximum Gasteiger partial charge on any atom is 0.242 e. The highest BCUT2D eigenvalue weighted by molar-refractivity contribution is 7.89. The van der Waals surface area contributed by atoms with Crippen molar-refractivity contribution in [2.45, 2.75) is 37.1 Å². The van der Waals surface area contributed by atoms with Crippen LogP contribution in [-0.4, -0.2) is 38.4 Å². The fourth-order valence-corrected chi connectivity index (χ4v) is 4.48. The van der Waals surface area contributed by atoms with Crippen LogP contribution in [0.15, 0.2) is 53.4 Å². The molecule has 0 heterocycles. The van der Waals surface area contributed by atoms with Crippen LogP contribution in [0.4, 0.5) is 0 Å². The average Bonchev–Trinajstić information content (AvgIpc) is 2.67. The second-order valence-corrected chi connectivity index (χ2v) is 9.00. The Morgan fingerprint density at radius 2 is 1.57 bits per heavy atom. The molecule has 0 bridgehead atoms. The molecule has 1 amide bonds.